The summed E-state index contributed by atoms with van der Waals surface area (Å²) in [6.07, 6.45) is 1.71. The molecule has 6 nitrogen and oxygen atoms in total. The number of hydrogen-bond donors (Lipinski definition) is 0. The van der Waals surface area contributed by atoms with Gasteiger partial charge in [-0.3, -0.25) is 0 Å². The Morgan fingerprint density at radius 3 is 2.68 bits per heavy atom. The zero-order valence-corrected chi connectivity index (χ0v) is 13.1. The van der Waals surface area contributed by atoms with Crippen LogP contribution >= 0.6 is 0 Å². The van der Waals surface area contributed by atoms with E-state index in [1.54, 1.807) is 0 Å². The van der Waals surface area contributed by atoms with E-state index in [9.17, 15) is 4.79 Å². The first-order valence-corrected chi connectivity index (χ1v) is 7.72. The van der Waals surface area contributed by atoms with Gasteiger partial charge in [0.25, 0.3) is 0 Å². The van der Waals surface area contributed by atoms with E-state index in [1.807, 2.05) is 48.5 Å². The second-order valence-corrected chi connectivity index (χ2v) is 7.24. The second-order valence-electron chi connectivity index (χ2n) is 7.24. The SMILES string of the molecule is CC(C)(C)OC(=O)N1CC2C(C1)C2c1nnn2ccccc12. The van der Waals surface area contributed by atoms with Crippen LogP contribution in [0.4, 0.5) is 4.79 Å². The summed E-state index contributed by atoms with van der Waals surface area (Å²) in [5.41, 5.74) is 1.71. The molecule has 2 atom stereocenters. The number of rotatable bonds is 1. The summed E-state index contributed by atoms with van der Waals surface area (Å²) in [6, 6.07) is 6.01. The van der Waals surface area contributed by atoms with Crippen molar-refractivity contribution in [3.8, 4) is 0 Å². The average molecular weight is 300 g/mol. The molecule has 0 N–H and O–H groups in total. The normalized spacial score (nSPS) is 27.0. The van der Waals surface area contributed by atoms with Crippen LogP contribution in [0, 0.1) is 11.8 Å². The van der Waals surface area contributed by atoms with Crippen LogP contribution in [0.25, 0.3) is 5.52 Å². The van der Waals surface area contributed by atoms with Gasteiger partial charge in [0, 0.05) is 25.2 Å². The van der Waals surface area contributed by atoms with E-state index in [-0.39, 0.29) is 6.09 Å². The highest BCUT2D eigenvalue weighted by atomic mass is 16.6. The molecule has 1 aliphatic heterocycles. The third kappa shape index (κ3) is 2.14. The summed E-state index contributed by atoms with van der Waals surface area (Å²) >= 11 is 0. The molecule has 4 rings (SSSR count). The van der Waals surface area contributed by atoms with Crippen molar-refractivity contribution in [2.24, 2.45) is 11.8 Å². The summed E-state index contributed by atoms with van der Waals surface area (Å²) in [5, 5.41) is 8.52. The van der Waals surface area contributed by atoms with E-state index in [0.29, 0.717) is 17.8 Å². The van der Waals surface area contributed by atoms with Gasteiger partial charge in [-0.1, -0.05) is 11.3 Å². The fourth-order valence-corrected chi connectivity index (χ4v) is 3.51. The highest BCUT2D eigenvalue weighted by Gasteiger charge is 2.59. The van der Waals surface area contributed by atoms with E-state index < -0.39 is 5.60 Å². The van der Waals surface area contributed by atoms with Crippen LogP contribution in [0.1, 0.15) is 32.4 Å². The molecule has 2 unspecified atom stereocenters. The molecular weight excluding hydrogens is 280 g/mol. The largest absolute Gasteiger partial charge is 0.444 e. The molecule has 3 heterocycles. The monoisotopic (exact) mass is 300 g/mol. The lowest BCUT2D eigenvalue weighted by Crippen LogP contribution is -2.36. The maximum Gasteiger partial charge on any atom is 0.410 e. The molecule has 116 valence electrons. The molecule has 1 aliphatic carbocycles. The lowest BCUT2D eigenvalue weighted by molar-refractivity contribution is 0.0271. The van der Waals surface area contributed by atoms with E-state index in [0.717, 1.165) is 24.3 Å². The van der Waals surface area contributed by atoms with Crippen molar-refractivity contribution in [1.29, 1.82) is 0 Å². The van der Waals surface area contributed by atoms with Crippen LogP contribution < -0.4 is 0 Å². The molecule has 2 fully saturated rings. The number of nitrogens with zero attached hydrogens (tertiary/aromatic N) is 4. The Kier molecular flexibility index (Phi) is 2.74. The summed E-state index contributed by atoms with van der Waals surface area (Å²) in [4.78, 5) is 13.9. The fraction of sp³-hybridized carbons (Fsp3) is 0.562. The molecular formula is C16H20N4O2. The molecule has 22 heavy (non-hydrogen) atoms. The minimum atomic E-state index is -0.437. The van der Waals surface area contributed by atoms with Gasteiger partial charge < -0.3 is 9.64 Å². The minimum Gasteiger partial charge on any atom is -0.444 e. The van der Waals surface area contributed by atoms with Crippen molar-refractivity contribution in [2.45, 2.75) is 32.3 Å². The molecule has 0 aromatic carbocycles. The van der Waals surface area contributed by atoms with Crippen molar-refractivity contribution < 1.29 is 9.53 Å². The van der Waals surface area contributed by atoms with Gasteiger partial charge in [0.15, 0.2) is 0 Å². The third-order valence-corrected chi connectivity index (χ3v) is 4.51. The molecule has 0 radical (unpaired) electrons. The third-order valence-electron chi connectivity index (χ3n) is 4.51. The summed E-state index contributed by atoms with van der Waals surface area (Å²) < 4.78 is 7.26. The molecule has 6 heteroatoms. The zero-order chi connectivity index (χ0) is 15.5. The Labute approximate surface area is 129 Å². The quantitative estimate of drug-likeness (QED) is 0.811. The van der Waals surface area contributed by atoms with Crippen molar-refractivity contribution in [3.63, 3.8) is 0 Å². The lowest BCUT2D eigenvalue weighted by Gasteiger charge is -2.25. The minimum absolute atomic E-state index is 0.203. The molecule has 2 aromatic heterocycles. The molecule has 0 spiro atoms. The number of carbonyl (C=O) groups is 1. The first kappa shape index (κ1) is 13.5. The van der Waals surface area contributed by atoms with E-state index in [4.69, 9.17) is 4.74 Å². The first-order valence-electron chi connectivity index (χ1n) is 7.72. The Hall–Kier alpha value is -2.11. The summed E-state index contributed by atoms with van der Waals surface area (Å²) in [5.74, 6) is 1.42. The predicted molar refractivity (Wildman–Crippen MR) is 80.5 cm³/mol. The van der Waals surface area contributed by atoms with Gasteiger partial charge in [-0.25, -0.2) is 9.31 Å². The smallest absolute Gasteiger partial charge is 0.410 e. The molecule has 1 saturated heterocycles. The standard InChI is InChI=1S/C16H20N4O2/c1-16(2,3)22-15(21)19-8-10-11(9-19)13(10)14-12-6-4-5-7-20(12)18-17-14/h4-7,10-11,13H,8-9H2,1-3H3. The number of likely N-dealkylation sites (tertiary alicyclic amines) is 1. The Balaban J connectivity index is 1.46. The maximum atomic E-state index is 12.1. The highest BCUT2D eigenvalue weighted by Crippen LogP contribution is 2.58. The number of hydrogen-bond acceptors (Lipinski definition) is 4. The topological polar surface area (TPSA) is 59.7 Å². The number of ether oxygens (including phenoxy) is 1. The maximum absolute atomic E-state index is 12.1. The Morgan fingerprint density at radius 2 is 2.00 bits per heavy atom. The van der Waals surface area contributed by atoms with Gasteiger partial charge in [0.1, 0.15) is 5.60 Å². The van der Waals surface area contributed by atoms with Gasteiger partial charge in [-0.2, -0.15) is 0 Å². The van der Waals surface area contributed by atoms with Crippen molar-refractivity contribution in [2.75, 3.05) is 13.1 Å². The van der Waals surface area contributed by atoms with Gasteiger partial charge in [-0.05, 0) is 44.7 Å². The van der Waals surface area contributed by atoms with Crippen molar-refractivity contribution in [1.82, 2.24) is 19.7 Å². The van der Waals surface area contributed by atoms with Crippen molar-refractivity contribution in [3.05, 3.63) is 30.1 Å². The van der Waals surface area contributed by atoms with Gasteiger partial charge in [0.2, 0.25) is 0 Å². The molecule has 0 bridgehead atoms. The van der Waals surface area contributed by atoms with E-state index in [1.165, 1.54) is 0 Å². The molecule has 2 aromatic rings. The lowest BCUT2D eigenvalue weighted by atomic mass is 10.1. The van der Waals surface area contributed by atoms with E-state index in [2.05, 4.69) is 16.4 Å². The van der Waals surface area contributed by atoms with Gasteiger partial charge in [0.05, 0.1) is 11.2 Å². The Morgan fingerprint density at radius 1 is 1.27 bits per heavy atom. The number of pyridine rings is 1. The van der Waals surface area contributed by atoms with Crippen molar-refractivity contribution >= 4 is 11.6 Å². The number of piperidine rings is 1. The number of amides is 1. The van der Waals surface area contributed by atoms with Crippen LogP contribution in [0.2, 0.25) is 0 Å². The molecule has 2 aliphatic rings. The summed E-state index contributed by atoms with van der Waals surface area (Å²) in [7, 11) is 0. The molecule has 1 amide bonds. The zero-order valence-electron chi connectivity index (χ0n) is 13.1. The average Bonchev–Trinajstić information content (AvgIpc) is 2.86. The summed E-state index contributed by atoms with van der Waals surface area (Å²) in [6.45, 7) is 7.21. The van der Waals surface area contributed by atoms with Crippen LogP contribution in [-0.4, -0.2) is 44.5 Å². The first-order chi connectivity index (χ1) is 10.4. The number of carbonyl (C=O) groups excluding carboxylic acids is 1. The highest BCUT2D eigenvalue weighted by molar-refractivity contribution is 5.69. The molecule has 1 saturated carbocycles. The predicted octanol–water partition coefficient (Wildman–Crippen LogP) is 2.31. The second kappa shape index (κ2) is 4.44. The fourth-order valence-electron chi connectivity index (χ4n) is 3.51. The van der Waals surface area contributed by atoms with Crippen LogP contribution in [0.15, 0.2) is 24.4 Å². The van der Waals surface area contributed by atoms with Gasteiger partial charge in [-0.15, -0.1) is 5.10 Å². The van der Waals surface area contributed by atoms with Crippen LogP contribution in [0.3, 0.4) is 0 Å². The number of fused-ring (bicyclic) bond motifs is 2. The number of aromatic nitrogens is 3. The van der Waals surface area contributed by atoms with Gasteiger partial charge >= 0.3 is 6.09 Å². The van der Waals surface area contributed by atoms with Crippen LogP contribution in [0.5, 0.6) is 0 Å². The Bertz CT molecular complexity index is 721. The van der Waals surface area contributed by atoms with E-state index >= 15 is 0 Å². The van der Waals surface area contributed by atoms with Crippen LogP contribution in [-0.2, 0) is 4.74 Å².